The number of ether oxygens (including phenoxy) is 1. The molecule has 4 heterocycles. The Hall–Kier alpha value is -4.81. The summed E-state index contributed by atoms with van der Waals surface area (Å²) in [6, 6.07) is 38.3. The van der Waals surface area contributed by atoms with Crippen LogP contribution in [0, 0.1) is 0 Å². The standard InChI is InChI=1S/C37H34N4OSi/c1-37(2)31-20-18-28(23-34(31)40-25-39(24-36(40)43(37,3)4)26-12-6-5-7-13-26)42-27-17-19-30-29-14-8-9-15-32(29)41(33(30)22-27)35-16-10-11-21-38-35/h5-24H,25H2,1-4H3. The van der Waals surface area contributed by atoms with Gasteiger partial charge in [0.15, 0.2) is 0 Å². The Morgan fingerprint density at radius 3 is 2.28 bits per heavy atom. The van der Waals surface area contributed by atoms with Crippen molar-refractivity contribution in [3.63, 3.8) is 0 Å². The fraction of sp³-hybridized carbons (Fsp3) is 0.162. The molecule has 0 unspecified atom stereocenters. The molecule has 0 aliphatic carbocycles. The van der Waals surface area contributed by atoms with Gasteiger partial charge in [0.05, 0.1) is 17.7 Å². The zero-order chi connectivity index (χ0) is 29.3. The average Bonchev–Trinajstić information content (AvgIpc) is 3.62. The largest absolute Gasteiger partial charge is 0.457 e. The highest BCUT2D eigenvalue weighted by Crippen LogP contribution is 2.52. The molecule has 0 fully saturated rings. The monoisotopic (exact) mass is 578 g/mol. The minimum absolute atomic E-state index is 0.0679. The van der Waals surface area contributed by atoms with E-state index in [4.69, 9.17) is 4.74 Å². The van der Waals surface area contributed by atoms with Crippen molar-refractivity contribution in [2.24, 2.45) is 0 Å². The molecule has 212 valence electrons. The second-order valence-corrected chi connectivity index (χ2v) is 17.7. The molecule has 2 aromatic heterocycles. The smallest absolute Gasteiger partial charge is 0.137 e. The van der Waals surface area contributed by atoms with E-state index in [0.717, 1.165) is 35.0 Å². The van der Waals surface area contributed by atoms with Crippen LogP contribution < -0.4 is 14.5 Å². The molecule has 2 aliphatic heterocycles. The molecule has 5 nitrogen and oxygen atoms in total. The van der Waals surface area contributed by atoms with Crippen molar-refractivity contribution in [2.45, 2.75) is 32.0 Å². The van der Waals surface area contributed by atoms with Gasteiger partial charge in [-0.05, 0) is 59.1 Å². The maximum atomic E-state index is 6.64. The molecule has 0 spiro atoms. The third-order valence-corrected chi connectivity index (χ3v) is 14.9. The van der Waals surface area contributed by atoms with Crippen LogP contribution in [-0.4, -0.2) is 24.3 Å². The first kappa shape index (κ1) is 25.9. The van der Waals surface area contributed by atoms with Crippen LogP contribution in [0.3, 0.4) is 0 Å². The number of benzene rings is 4. The lowest BCUT2D eigenvalue weighted by molar-refractivity contribution is 0.482. The predicted molar refractivity (Wildman–Crippen MR) is 180 cm³/mol. The summed E-state index contributed by atoms with van der Waals surface area (Å²) in [6.45, 7) is 10.7. The number of para-hydroxylation sites is 2. The first-order chi connectivity index (χ1) is 20.8. The maximum absolute atomic E-state index is 6.64. The third-order valence-electron chi connectivity index (χ3n) is 9.85. The molecule has 0 bridgehead atoms. The van der Waals surface area contributed by atoms with Crippen LogP contribution in [-0.2, 0) is 5.04 Å². The number of nitrogens with zero attached hydrogens (tertiary/aromatic N) is 4. The van der Waals surface area contributed by atoms with Crippen LogP contribution in [0.15, 0.2) is 127 Å². The Balaban J connectivity index is 1.21. The molecule has 6 aromatic rings. The van der Waals surface area contributed by atoms with Gasteiger partial charge in [0.2, 0.25) is 0 Å². The first-order valence-corrected chi connectivity index (χ1v) is 17.9. The molecule has 0 N–H and O–H groups in total. The third kappa shape index (κ3) is 3.86. The van der Waals surface area contributed by atoms with Gasteiger partial charge in [-0.1, -0.05) is 75.5 Å². The lowest BCUT2D eigenvalue weighted by Gasteiger charge is -2.50. The van der Waals surface area contributed by atoms with Crippen molar-refractivity contribution in [2.75, 3.05) is 16.5 Å². The number of pyridine rings is 1. The van der Waals surface area contributed by atoms with Crippen LogP contribution in [0.1, 0.15) is 19.4 Å². The van der Waals surface area contributed by atoms with Gasteiger partial charge in [-0.15, -0.1) is 0 Å². The van der Waals surface area contributed by atoms with E-state index in [9.17, 15) is 0 Å². The number of hydrogen-bond donors (Lipinski definition) is 0. The molecule has 0 atom stereocenters. The zero-order valence-corrected chi connectivity index (χ0v) is 26.0. The summed E-state index contributed by atoms with van der Waals surface area (Å²) in [5.74, 6) is 2.54. The number of anilines is 2. The molecule has 0 saturated carbocycles. The molecule has 8 rings (SSSR count). The summed E-state index contributed by atoms with van der Waals surface area (Å²) >= 11 is 0. The maximum Gasteiger partial charge on any atom is 0.137 e. The fourth-order valence-electron chi connectivity index (χ4n) is 6.83. The van der Waals surface area contributed by atoms with Gasteiger partial charge in [0, 0.05) is 52.0 Å². The Labute approximate surface area is 253 Å². The van der Waals surface area contributed by atoms with E-state index >= 15 is 0 Å². The Morgan fingerprint density at radius 2 is 1.47 bits per heavy atom. The van der Waals surface area contributed by atoms with Crippen molar-refractivity contribution in [1.29, 1.82) is 0 Å². The molecule has 6 heteroatoms. The number of rotatable bonds is 4. The van der Waals surface area contributed by atoms with E-state index in [1.807, 2.05) is 18.3 Å². The highest BCUT2D eigenvalue weighted by molar-refractivity contribution is 6.87. The normalized spacial score (nSPS) is 16.7. The molecule has 2 aliphatic rings. The molecule has 43 heavy (non-hydrogen) atoms. The summed E-state index contributed by atoms with van der Waals surface area (Å²) in [7, 11) is -1.86. The highest BCUT2D eigenvalue weighted by Gasteiger charge is 2.52. The van der Waals surface area contributed by atoms with E-state index in [0.29, 0.717) is 0 Å². The lowest BCUT2D eigenvalue weighted by atomic mass is 9.98. The summed E-state index contributed by atoms with van der Waals surface area (Å²) in [6.07, 6.45) is 4.24. The van der Waals surface area contributed by atoms with Gasteiger partial charge in [-0.3, -0.25) is 4.57 Å². The SMILES string of the molecule is CC1(C)c2ccc(Oc3ccc4c5ccccc5n(-c5ccccn5)c4c3)cc2N2CN(c3ccccc3)C=C2[Si]1(C)C. The molecule has 0 radical (unpaired) electrons. The van der Waals surface area contributed by atoms with Crippen LogP contribution in [0.4, 0.5) is 11.4 Å². The summed E-state index contributed by atoms with van der Waals surface area (Å²) in [5, 5.41) is 3.92. The van der Waals surface area contributed by atoms with Crippen LogP contribution in [0.5, 0.6) is 11.5 Å². The highest BCUT2D eigenvalue weighted by atomic mass is 28.3. The molecule has 4 aromatic carbocycles. The minimum atomic E-state index is -1.86. The second kappa shape index (κ2) is 9.34. The number of aromatic nitrogens is 2. The van der Waals surface area contributed by atoms with Crippen LogP contribution in [0.2, 0.25) is 13.1 Å². The Morgan fingerprint density at radius 1 is 0.744 bits per heavy atom. The summed E-state index contributed by atoms with van der Waals surface area (Å²) in [4.78, 5) is 9.58. The van der Waals surface area contributed by atoms with Gasteiger partial charge in [-0.25, -0.2) is 4.98 Å². The molecular formula is C37H34N4OSi. The summed E-state index contributed by atoms with van der Waals surface area (Å²) in [5.41, 5.74) is 6.06. The van der Waals surface area contributed by atoms with Crippen LogP contribution >= 0.6 is 0 Å². The first-order valence-electron chi connectivity index (χ1n) is 14.9. The van der Waals surface area contributed by atoms with Crippen molar-refractivity contribution < 1.29 is 4.74 Å². The molecule has 0 saturated heterocycles. The van der Waals surface area contributed by atoms with E-state index < -0.39 is 8.07 Å². The average molecular weight is 579 g/mol. The molecular weight excluding hydrogens is 545 g/mol. The fourth-order valence-corrected chi connectivity index (χ4v) is 9.70. The quantitative estimate of drug-likeness (QED) is 0.195. The van der Waals surface area contributed by atoms with Gasteiger partial charge in [0.25, 0.3) is 0 Å². The van der Waals surface area contributed by atoms with Gasteiger partial charge in [-0.2, -0.15) is 0 Å². The Kier molecular flexibility index (Phi) is 5.62. The van der Waals surface area contributed by atoms with Gasteiger partial charge < -0.3 is 14.5 Å². The van der Waals surface area contributed by atoms with Crippen molar-refractivity contribution in [3.8, 4) is 17.3 Å². The van der Waals surface area contributed by atoms with E-state index in [2.05, 4.69) is 150 Å². The van der Waals surface area contributed by atoms with Crippen molar-refractivity contribution >= 4 is 41.3 Å². The van der Waals surface area contributed by atoms with E-state index in [1.165, 1.54) is 33.0 Å². The van der Waals surface area contributed by atoms with Gasteiger partial charge in [0.1, 0.15) is 25.4 Å². The predicted octanol–water partition coefficient (Wildman–Crippen LogP) is 9.17. The van der Waals surface area contributed by atoms with Gasteiger partial charge >= 0.3 is 0 Å². The van der Waals surface area contributed by atoms with Crippen molar-refractivity contribution in [1.82, 2.24) is 9.55 Å². The van der Waals surface area contributed by atoms with E-state index in [-0.39, 0.29) is 5.04 Å². The number of hydrogen-bond acceptors (Lipinski definition) is 4. The topological polar surface area (TPSA) is 33.5 Å². The minimum Gasteiger partial charge on any atom is -0.457 e. The number of fused-ring (bicyclic) bond motifs is 6. The molecule has 0 amide bonds. The van der Waals surface area contributed by atoms with Crippen LogP contribution in [0.25, 0.3) is 27.6 Å². The Bertz CT molecular complexity index is 2050. The lowest BCUT2D eigenvalue weighted by Crippen LogP contribution is -2.57. The van der Waals surface area contributed by atoms with E-state index in [1.54, 1.807) is 0 Å². The summed E-state index contributed by atoms with van der Waals surface area (Å²) < 4.78 is 8.86. The van der Waals surface area contributed by atoms with Crippen molar-refractivity contribution in [3.05, 3.63) is 132 Å². The second-order valence-electron chi connectivity index (χ2n) is 12.6. The zero-order valence-electron chi connectivity index (χ0n) is 25.0.